The normalized spacial score (nSPS) is 11.7. The highest BCUT2D eigenvalue weighted by Crippen LogP contribution is 2.22. The average molecular weight is 414 g/mol. The predicted molar refractivity (Wildman–Crippen MR) is 108 cm³/mol. The molecule has 2 aromatic carbocycles. The summed E-state index contributed by atoms with van der Waals surface area (Å²) in [5.41, 5.74) is -0.132. The molecular weight excluding hydrogens is 396 g/mol. The molecule has 0 bridgehead atoms. The van der Waals surface area contributed by atoms with Crippen LogP contribution >= 0.6 is 0 Å². The van der Waals surface area contributed by atoms with Crippen molar-refractivity contribution in [2.75, 3.05) is 20.0 Å². The van der Waals surface area contributed by atoms with Gasteiger partial charge < -0.3 is 13.9 Å². The molecule has 0 saturated carbocycles. The summed E-state index contributed by atoms with van der Waals surface area (Å²) in [5, 5.41) is 0.408. The molecule has 0 unspecified atom stereocenters. The van der Waals surface area contributed by atoms with Gasteiger partial charge in [0.2, 0.25) is 0 Å². The van der Waals surface area contributed by atoms with Crippen molar-refractivity contribution in [3.05, 3.63) is 70.6 Å². The van der Waals surface area contributed by atoms with Gasteiger partial charge in [-0.2, -0.15) is 0 Å². The number of carbonyl (C=O) groups excluding carboxylic acids is 1. The summed E-state index contributed by atoms with van der Waals surface area (Å²) >= 11 is 0. The van der Waals surface area contributed by atoms with E-state index in [9.17, 15) is 18.0 Å². The largest absolute Gasteiger partial charge is 0.497 e. The second-order valence-corrected chi connectivity index (χ2v) is 8.09. The summed E-state index contributed by atoms with van der Waals surface area (Å²) in [7, 11) is -1.17. The molecule has 3 rings (SSSR count). The lowest BCUT2D eigenvalue weighted by molar-refractivity contribution is -0.112. The fraction of sp³-hybridized carbons (Fsp3) is 0.143. The second-order valence-electron chi connectivity index (χ2n) is 6.13. The van der Waals surface area contributed by atoms with Gasteiger partial charge in [-0.15, -0.1) is 0 Å². The van der Waals surface area contributed by atoms with Crippen molar-refractivity contribution in [2.45, 2.75) is 4.90 Å². The van der Waals surface area contributed by atoms with E-state index in [0.29, 0.717) is 22.4 Å². The van der Waals surface area contributed by atoms with E-state index in [1.807, 2.05) is 0 Å². The minimum Gasteiger partial charge on any atom is -0.497 e. The summed E-state index contributed by atoms with van der Waals surface area (Å²) in [6.45, 7) is 0. The van der Waals surface area contributed by atoms with Gasteiger partial charge in [-0.05, 0) is 42.0 Å². The van der Waals surface area contributed by atoms with Crippen LogP contribution < -0.4 is 15.1 Å². The third-order valence-electron chi connectivity index (χ3n) is 4.16. The van der Waals surface area contributed by atoms with Crippen LogP contribution in [-0.4, -0.2) is 34.2 Å². The van der Waals surface area contributed by atoms with Gasteiger partial charge in [-0.3, -0.25) is 4.79 Å². The summed E-state index contributed by atoms with van der Waals surface area (Å²) in [6.07, 6.45) is 2.65. The van der Waals surface area contributed by atoms with Crippen molar-refractivity contribution in [1.82, 2.24) is 0 Å². The lowest BCUT2D eigenvalue weighted by Gasteiger charge is -2.05. The number of carbonyl (C=O) groups is 1. The zero-order chi connectivity index (χ0) is 21.0. The number of benzene rings is 2. The molecule has 7 nitrogen and oxygen atoms in total. The Morgan fingerprint density at radius 1 is 1.00 bits per heavy atom. The second kappa shape index (κ2) is 8.32. The van der Waals surface area contributed by atoms with E-state index in [1.165, 1.54) is 25.3 Å². The van der Waals surface area contributed by atoms with Crippen molar-refractivity contribution in [1.29, 1.82) is 0 Å². The van der Waals surface area contributed by atoms with E-state index in [-0.39, 0.29) is 5.58 Å². The van der Waals surface area contributed by atoms with Crippen LogP contribution in [0, 0.1) is 0 Å². The SMILES string of the molecule is COc1ccc(C=CC(=O)CS(=O)(=O)c2cc3ccc(OC)cc3oc2=O)cc1. The highest BCUT2D eigenvalue weighted by atomic mass is 32.2. The Bertz CT molecular complexity index is 1240. The first kappa shape index (κ1) is 20.3. The van der Waals surface area contributed by atoms with E-state index >= 15 is 0 Å². The van der Waals surface area contributed by atoms with Crippen LogP contribution in [0.25, 0.3) is 17.0 Å². The van der Waals surface area contributed by atoms with Gasteiger partial charge in [0.25, 0.3) is 0 Å². The Kier molecular flexibility index (Phi) is 5.84. The number of ketones is 1. The zero-order valence-electron chi connectivity index (χ0n) is 15.7. The van der Waals surface area contributed by atoms with Gasteiger partial charge in [0, 0.05) is 11.5 Å². The minimum atomic E-state index is -4.17. The molecule has 29 heavy (non-hydrogen) atoms. The predicted octanol–water partition coefficient (Wildman–Crippen LogP) is 2.87. The van der Waals surface area contributed by atoms with Crippen LogP contribution in [-0.2, 0) is 14.6 Å². The van der Waals surface area contributed by atoms with Crippen molar-refractivity contribution in [3.8, 4) is 11.5 Å². The maximum absolute atomic E-state index is 12.6. The van der Waals surface area contributed by atoms with Crippen LogP contribution in [0.15, 0.2) is 68.7 Å². The molecule has 0 radical (unpaired) electrons. The fourth-order valence-corrected chi connectivity index (χ4v) is 3.86. The maximum Gasteiger partial charge on any atom is 0.355 e. The number of fused-ring (bicyclic) bond motifs is 1. The molecule has 1 aromatic heterocycles. The number of hydrogen-bond donors (Lipinski definition) is 0. The number of sulfone groups is 1. The minimum absolute atomic E-state index is 0.194. The van der Waals surface area contributed by atoms with E-state index in [2.05, 4.69) is 0 Å². The Hall–Kier alpha value is -3.39. The molecule has 8 heteroatoms. The third kappa shape index (κ3) is 4.72. The van der Waals surface area contributed by atoms with Crippen LogP contribution in [0.1, 0.15) is 5.56 Å². The van der Waals surface area contributed by atoms with Gasteiger partial charge in [0.1, 0.15) is 22.8 Å². The third-order valence-corrected chi connectivity index (χ3v) is 5.78. The van der Waals surface area contributed by atoms with Gasteiger partial charge in [-0.25, -0.2) is 13.2 Å². The standard InChI is InChI=1S/C21H18O7S/c1-26-17-8-4-14(5-9-17)3-7-16(22)13-29(24,25)20-11-15-6-10-18(27-2)12-19(15)28-21(20)23/h3-12H,13H2,1-2H3. The first-order valence-electron chi connectivity index (χ1n) is 8.52. The Balaban J connectivity index is 1.82. The zero-order valence-corrected chi connectivity index (χ0v) is 16.6. The smallest absolute Gasteiger partial charge is 0.355 e. The lowest BCUT2D eigenvalue weighted by atomic mass is 10.2. The topological polar surface area (TPSA) is 99.9 Å². The molecule has 1 heterocycles. The molecule has 0 N–H and O–H groups in total. The van der Waals surface area contributed by atoms with Gasteiger partial charge >= 0.3 is 5.63 Å². The summed E-state index contributed by atoms with van der Waals surface area (Å²) in [4.78, 5) is 23.8. The number of allylic oxidation sites excluding steroid dienone is 1. The first-order chi connectivity index (χ1) is 13.8. The van der Waals surface area contributed by atoms with Crippen molar-refractivity contribution in [2.24, 2.45) is 0 Å². The first-order valence-corrected chi connectivity index (χ1v) is 10.2. The number of ether oxygens (including phenoxy) is 2. The van der Waals surface area contributed by atoms with Gasteiger partial charge in [-0.1, -0.05) is 18.2 Å². The molecule has 0 saturated heterocycles. The monoisotopic (exact) mass is 414 g/mol. The molecule has 0 spiro atoms. The molecule has 150 valence electrons. The van der Waals surface area contributed by atoms with Crippen molar-refractivity contribution in [3.63, 3.8) is 0 Å². The molecule has 0 amide bonds. The van der Waals surface area contributed by atoms with E-state index < -0.39 is 31.9 Å². The Morgan fingerprint density at radius 2 is 1.66 bits per heavy atom. The van der Waals surface area contributed by atoms with E-state index in [4.69, 9.17) is 13.9 Å². The Morgan fingerprint density at radius 3 is 2.31 bits per heavy atom. The van der Waals surface area contributed by atoms with Crippen LogP contribution in [0.4, 0.5) is 0 Å². The highest BCUT2D eigenvalue weighted by Gasteiger charge is 2.23. The van der Waals surface area contributed by atoms with E-state index in [0.717, 1.165) is 6.08 Å². The number of hydrogen-bond acceptors (Lipinski definition) is 7. The molecule has 0 aliphatic heterocycles. The Labute approximate surface area is 167 Å². The highest BCUT2D eigenvalue weighted by molar-refractivity contribution is 7.92. The maximum atomic E-state index is 12.6. The summed E-state index contributed by atoms with van der Waals surface area (Å²) in [6, 6.07) is 12.8. The quantitative estimate of drug-likeness (QED) is 0.433. The van der Waals surface area contributed by atoms with Gasteiger partial charge in [0.05, 0.1) is 14.2 Å². The number of rotatable bonds is 7. The average Bonchev–Trinajstić information content (AvgIpc) is 2.71. The molecule has 0 aliphatic carbocycles. The van der Waals surface area contributed by atoms with Crippen LogP contribution in [0.5, 0.6) is 11.5 Å². The molecule has 0 atom stereocenters. The van der Waals surface area contributed by atoms with Crippen LogP contribution in [0.2, 0.25) is 0 Å². The number of methoxy groups -OCH3 is 2. The summed E-state index contributed by atoms with van der Waals surface area (Å²) in [5.74, 6) is -0.367. The van der Waals surface area contributed by atoms with Crippen molar-refractivity contribution < 1.29 is 27.1 Å². The summed E-state index contributed by atoms with van der Waals surface area (Å²) < 4.78 is 40.3. The molecule has 0 aliphatic rings. The van der Waals surface area contributed by atoms with Gasteiger partial charge in [0.15, 0.2) is 20.5 Å². The molecule has 3 aromatic rings. The van der Waals surface area contributed by atoms with Crippen molar-refractivity contribution >= 4 is 32.7 Å². The lowest BCUT2D eigenvalue weighted by Crippen LogP contribution is -2.20. The molecular formula is C21H18O7S. The fourth-order valence-electron chi connectivity index (χ4n) is 2.63. The van der Waals surface area contributed by atoms with E-state index in [1.54, 1.807) is 43.5 Å². The van der Waals surface area contributed by atoms with Crippen LogP contribution in [0.3, 0.4) is 0 Å². The molecule has 0 fully saturated rings.